The summed E-state index contributed by atoms with van der Waals surface area (Å²) in [4.78, 5) is 14.3. The molecule has 2 N–H and O–H groups in total. The lowest BCUT2D eigenvalue weighted by Crippen LogP contribution is -2.43. The van der Waals surface area contributed by atoms with Gasteiger partial charge < -0.3 is 15.4 Å². The predicted octanol–water partition coefficient (Wildman–Crippen LogP) is 2.38. The smallest absolute Gasteiger partial charge is 0.223 e. The Bertz CT molecular complexity index is 545. The number of benzene rings is 1. The average Bonchev–Trinajstić information content (AvgIpc) is 3.28. The van der Waals surface area contributed by atoms with Crippen molar-refractivity contribution < 1.29 is 13.9 Å². The Morgan fingerprint density at radius 2 is 2.10 bits per heavy atom. The number of likely N-dealkylation sites (tertiary alicyclic amines) is 1. The van der Waals surface area contributed by atoms with Crippen LogP contribution in [0.2, 0.25) is 0 Å². The third-order valence-corrected chi connectivity index (χ3v) is 4.38. The van der Waals surface area contributed by atoms with E-state index in [-0.39, 0.29) is 29.8 Å². The minimum Gasteiger partial charge on any atom is -0.494 e. The molecule has 2 fully saturated rings. The van der Waals surface area contributed by atoms with Gasteiger partial charge in [-0.25, -0.2) is 4.39 Å². The van der Waals surface area contributed by atoms with E-state index in [0.29, 0.717) is 6.42 Å². The number of carbonyl (C=O) groups is 1. The molecule has 5 heteroatoms. The van der Waals surface area contributed by atoms with E-state index in [1.54, 1.807) is 6.07 Å². The number of hydrogen-bond acceptors (Lipinski definition) is 3. The summed E-state index contributed by atoms with van der Waals surface area (Å²) < 4.78 is 19.0. The van der Waals surface area contributed by atoms with E-state index in [2.05, 4.69) is 0 Å². The Morgan fingerprint density at radius 3 is 2.71 bits per heavy atom. The van der Waals surface area contributed by atoms with E-state index in [1.807, 2.05) is 11.0 Å². The summed E-state index contributed by atoms with van der Waals surface area (Å²) in [5, 5.41) is 0. The topological polar surface area (TPSA) is 55.6 Å². The summed E-state index contributed by atoms with van der Waals surface area (Å²) in [7, 11) is 1.44. The normalized spacial score (nSPS) is 26.6. The fourth-order valence-electron chi connectivity index (χ4n) is 3.20. The van der Waals surface area contributed by atoms with E-state index in [4.69, 9.17) is 10.5 Å². The van der Waals surface area contributed by atoms with Crippen LogP contribution < -0.4 is 10.5 Å². The zero-order valence-corrected chi connectivity index (χ0v) is 12.2. The maximum absolute atomic E-state index is 14.0. The van der Waals surface area contributed by atoms with Crippen molar-refractivity contribution in [1.29, 1.82) is 0 Å². The zero-order chi connectivity index (χ0) is 15.0. The number of amides is 1. The monoisotopic (exact) mass is 292 g/mol. The van der Waals surface area contributed by atoms with Gasteiger partial charge in [0, 0.05) is 18.5 Å². The molecular formula is C16H21FN2O2. The largest absolute Gasteiger partial charge is 0.494 e. The van der Waals surface area contributed by atoms with Crippen LogP contribution in [0, 0.1) is 5.82 Å². The fourth-order valence-corrected chi connectivity index (χ4v) is 3.20. The summed E-state index contributed by atoms with van der Waals surface area (Å²) in [5.74, 6) is -0.0495. The van der Waals surface area contributed by atoms with E-state index in [0.717, 1.165) is 31.2 Å². The summed E-state index contributed by atoms with van der Waals surface area (Å²) in [5.41, 5.74) is 7.07. The van der Waals surface area contributed by atoms with Crippen LogP contribution in [0.15, 0.2) is 18.2 Å². The Balaban J connectivity index is 1.98. The Kier molecular flexibility index (Phi) is 3.85. The quantitative estimate of drug-likeness (QED) is 0.930. The number of halogens is 1. The Hall–Kier alpha value is -1.62. The molecule has 21 heavy (non-hydrogen) atoms. The highest BCUT2D eigenvalue weighted by Crippen LogP contribution is 2.39. The molecule has 1 heterocycles. The average molecular weight is 292 g/mol. The van der Waals surface area contributed by atoms with Crippen molar-refractivity contribution in [3.8, 4) is 5.75 Å². The molecule has 1 aliphatic carbocycles. The number of hydrogen-bond donors (Lipinski definition) is 1. The van der Waals surface area contributed by atoms with Gasteiger partial charge >= 0.3 is 0 Å². The molecule has 0 radical (unpaired) electrons. The van der Waals surface area contributed by atoms with Crippen molar-refractivity contribution in [1.82, 2.24) is 4.90 Å². The number of nitrogens with two attached hydrogens (primary N) is 1. The van der Waals surface area contributed by atoms with Gasteiger partial charge in [0.25, 0.3) is 0 Å². The molecule has 1 saturated heterocycles. The lowest BCUT2D eigenvalue weighted by Gasteiger charge is -2.34. The van der Waals surface area contributed by atoms with Gasteiger partial charge in [0.2, 0.25) is 5.91 Å². The van der Waals surface area contributed by atoms with E-state index < -0.39 is 5.82 Å². The van der Waals surface area contributed by atoms with Gasteiger partial charge in [-0.15, -0.1) is 0 Å². The summed E-state index contributed by atoms with van der Waals surface area (Å²) in [6.45, 7) is 0. The number of methoxy groups -OCH3 is 1. The molecular weight excluding hydrogens is 271 g/mol. The maximum atomic E-state index is 14.0. The minimum atomic E-state index is -0.408. The molecule has 1 amide bonds. The van der Waals surface area contributed by atoms with Gasteiger partial charge in [0.1, 0.15) is 0 Å². The second-order valence-corrected chi connectivity index (χ2v) is 5.93. The molecule has 2 unspecified atom stereocenters. The Morgan fingerprint density at radius 1 is 1.33 bits per heavy atom. The number of carbonyl (C=O) groups excluding carboxylic acids is 1. The predicted molar refractivity (Wildman–Crippen MR) is 77.4 cm³/mol. The molecule has 1 aromatic rings. The summed E-state index contributed by atoms with van der Waals surface area (Å²) in [6.07, 6.45) is 4.17. The van der Waals surface area contributed by atoms with Crippen LogP contribution in [-0.2, 0) is 4.79 Å². The lowest BCUT2D eigenvalue weighted by molar-refractivity contribution is -0.133. The second kappa shape index (κ2) is 5.64. The third-order valence-electron chi connectivity index (χ3n) is 4.38. The standard InChI is InChI=1S/C16H21FN2O2/c1-21-14-8-5-10(9-12(14)17)16-13(18)3-2-4-15(20)19(16)11-6-7-11/h5,8-9,11,13,16H,2-4,6-7,18H2,1H3. The molecule has 0 bridgehead atoms. The van der Waals surface area contributed by atoms with Crippen molar-refractivity contribution in [2.24, 2.45) is 5.73 Å². The molecule has 114 valence electrons. The molecule has 1 aliphatic heterocycles. The maximum Gasteiger partial charge on any atom is 0.223 e. The molecule has 2 atom stereocenters. The van der Waals surface area contributed by atoms with Crippen molar-refractivity contribution >= 4 is 5.91 Å². The molecule has 4 nitrogen and oxygen atoms in total. The van der Waals surface area contributed by atoms with Crippen LogP contribution in [-0.4, -0.2) is 30.0 Å². The number of rotatable bonds is 3. The van der Waals surface area contributed by atoms with Crippen LogP contribution in [0.4, 0.5) is 4.39 Å². The number of ether oxygens (including phenoxy) is 1. The lowest BCUT2D eigenvalue weighted by atomic mass is 9.96. The van der Waals surface area contributed by atoms with Gasteiger partial charge in [-0.3, -0.25) is 4.79 Å². The van der Waals surface area contributed by atoms with Gasteiger partial charge in [0.15, 0.2) is 11.6 Å². The van der Waals surface area contributed by atoms with Crippen LogP contribution in [0.1, 0.15) is 43.7 Å². The van der Waals surface area contributed by atoms with Gasteiger partial charge in [-0.05, 0) is 43.4 Å². The van der Waals surface area contributed by atoms with Gasteiger partial charge in [-0.1, -0.05) is 6.07 Å². The first-order chi connectivity index (χ1) is 10.1. The highest BCUT2D eigenvalue weighted by atomic mass is 19.1. The van der Waals surface area contributed by atoms with Gasteiger partial charge in [0.05, 0.1) is 13.2 Å². The first kappa shape index (κ1) is 14.3. The van der Waals surface area contributed by atoms with Crippen molar-refractivity contribution in [3.05, 3.63) is 29.6 Å². The van der Waals surface area contributed by atoms with Crippen LogP contribution >= 0.6 is 0 Å². The Labute approximate surface area is 124 Å². The minimum absolute atomic E-state index is 0.145. The van der Waals surface area contributed by atoms with E-state index in [9.17, 15) is 9.18 Å². The first-order valence-corrected chi connectivity index (χ1v) is 7.52. The van der Waals surface area contributed by atoms with Crippen LogP contribution in [0.25, 0.3) is 0 Å². The van der Waals surface area contributed by atoms with Crippen LogP contribution in [0.3, 0.4) is 0 Å². The van der Waals surface area contributed by atoms with E-state index in [1.165, 1.54) is 13.2 Å². The molecule has 0 aromatic heterocycles. The summed E-state index contributed by atoms with van der Waals surface area (Å²) >= 11 is 0. The zero-order valence-electron chi connectivity index (χ0n) is 12.2. The van der Waals surface area contributed by atoms with Crippen LogP contribution in [0.5, 0.6) is 5.75 Å². The van der Waals surface area contributed by atoms with E-state index >= 15 is 0 Å². The highest BCUT2D eigenvalue weighted by molar-refractivity contribution is 5.78. The first-order valence-electron chi connectivity index (χ1n) is 7.52. The van der Waals surface area contributed by atoms with Crippen molar-refractivity contribution in [2.75, 3.05) is 7.11 Å². The van der Waals surface area contributed by atoms with Crippen molar-refractivity contribution in [3.63, 3.8) is 0 Å². The molecule has 1 saturated carbocycles. The third kappa shape index (κ3) is 2.75. The molecule has 3 rings (SSSR count). The molecule has 1 aromatic carbocycles. The second-order valence-electron chi connectivity index (χ2n) is 5.93. The molecule has 2 aliphatic rings. The number of nitrogens with zero attached hydrogens (tertiary/aromatic N) is 1. The highest BCUT2D eigenvalue weighted by Gasteiger charge is 2.41. The summed E-state index contributed by atoms with van der Waals surface area (Å²) in [6, 6.07) is 4.78. The van der Waals surface area contributed by atoms with Gasteiger partial charge in [-0.2, -0.15) is 0 Å². The molecule has 0 spiro atoms. The van der Waals surface area contributed by atoms with Crippen molar-refractivity contribution in [2.45, 2.75) is 50.2 Å². The fraction of sp³-hybridized carbons (Fsp3) is 0.562. The SMILES string of the molecule is COc1ccc(C2C(N)CCCC(=O)N2C2CC2)cc1F.